The Morgan fingerprint density at radius 3 is 2.42 bits per heavy atom. The first-order chi connectivity index (χ1) is 8.65. The normalized spacial score (nSPS) is 10.1. The summed E-state index contributed by atoms with van der Waals surface area (Å²) in [6.07, 6.45) is 3.62. The number of hydrogen-bond acceptors (Lipinski definition) is 3. The van der Waals surface area contributed by atoms with Gasteiger partial charge in [-0.2, -0.15) is 0 Å². The summed E-state index contributed by atoms with van der Waals surface area (Å²) in [6.45, 7) is 0. The van der Waals surface area contributed by atoms with Crippen molar-refractivity contribution < 1.29 is 9.90 Å². The summed E-state index contributed by atoms with van der Waals surface area (Å²) in [5.74, 6) is -1.03. The average molecular weight is 277 g/mol. The molecule has 0 atom stereocenters. The molecule has 0 saturated carbocycles. The number of nitrogen functional groups attached to an aromatic ring is 1. The molecule has 1 heterocycles. The zero-order valence-corrected chi connectivity index (χ0v) is 10.8. The van der Waals surface area contributed by atoms with Crippen molar-refractivity contribution in [3.05, 3.63) is 59.4 Å². The van der Waals surface area contributed by atoms with Gasteiger partial charge in [-0.3, -0.25) is 0 Å². The van der Waals surface area contributed by atoms with Crippen LogP contribution >= 0.6 is 12.4 Å². The second kappa shape index (κ2) is 6.56. The smallest absolute Gasteiger partial charge is 0.354 e. The average Bonchev–Trinajstić information content (AvgIpc) is 2.38. The number of benzene rings is 1. The van der Waals surface area contributed by atoms with Crippen molar-refractivity contribution in [2.45, 2.75) is 0 Å². The lowest BCUT2D eigenvalue weighted by Crippen LogP contribution is -2.00. The highest BCUT2D eigenvalue weighted by Gasteiger charge is 2.02. The standard InChI is InChI=1S/C14H12N2O2.ClH/c15-11-7-4-10(5-8-11)6-9-12-2-1-3-13(16-12)14(17)18;/h1-9H,15H2,(H,17,18);1H/b9-6+;. The molecule has 3 N–H and O–H groups in total. The summed E-state index contributed by atoms with van der Waals surface area (Å²) >= 11 is 0. The Bertz CT molecular complexity index is 595. The molecule has 0 saturated heterocycles. The highest BCUT2D eigenvalue weighted by atomic mass is 35.5. The van der Waals surface area contributed by atoms with Gasteiger partial charge >= 0.3 is 5.97 Å². The number of aromatic nitrogens is 1. The lowest BCUT2D eigenvalue weighted by Gasteiger charge is -1.97. The van der Waals surface area contributed by atoms with Crippen LogP contribution in [0.25, 0.3) is 12.2 Å². The summed E-state index contributed by atoms with van der Waals surface area (Å²) in [5, 5.41) is 8.82. The van der Waals surface area contributed by atoms with Crippen LogP contribution in [0.5, 0.6) is 0 Å². The summed E-state index contributed by atoms with van der Waals surface area (Å²) < 4.78 is 0. The van der Waals surface area contributed by atoms with Gasteiger partial charge in [0.1, 0.15) is 5.69 Å². The van der Waals surface area contributed by atoms with Crippen molar-refractivity contribution in [1.82, 2.24) is 4.98 Å². The number of nitrogens with two attached hydrogens (primary N) is 1. The van der Waals surface area contributed by atoms with E-state index >= 15 is 0 Å². The predicted molar refractivity (Wildman–Crippen MR) is 78.2 cm³/mol. The fourth-order valence-electron chi connectivity index (χ4n) is 1.45. The molecule has 1 aromatic heterocycles. The summed E-state index contributed by atoms with van der Waals surface area (Å²) in [5.41, 5.74) is 7.91. The van der Waals surface area contributed by atoms with Gasteiger partial charge < -0.3 is 10.8 Å². The lowest BCUT2D eigenvalue weighted by atomic mass is 10.2. The number of aromatic carboxylic acids is 1. The van der Waals surface area contributed by atoms with E-state index < -0.39 is 5.97 Å². The molecular formula is C14H13ClN2O2. The number of halogens is 1. The second-order valence-electron chi connectivity index (χ2n) is 3.75. The van der Waals surface area contributed by atoms with Gasteiger partial charge in [0.05, 0.1) is 5.69 Å². The maximum absolute atomic E-state index is 10.8. The maximum Gasteiger partial charge on any atom is 0.354 e. The van der Waals surface area contributed by atoms with E-state index in [9.17, 15) is 4.79 Å². The minimum absolute atomic E-state index is 0. The molecule has 0 unspecified atom stereocenters. The molecule has 0 radical (unpaired) electrons. The number of pyridine rings is 1. The van der Waals surface area contributed by atoms with Crippen LogP contribution in [-0.4, -0.2) is 16.1 Å². The Morgan fingerprint density at radius 1 is 1.11 bits per heavy atom. The molecule has 0 fully saturated rings. The van der Waals surface area contributed by atoms with E-state index in [0.29, 0.717) is 11.4 Å². The van der Waals surface area contributed by atoms with Gasteiger partial charge in [0.2, 0.25) is 0 Å². The number of hydrogen-bond donors (Lipinski definition) is 2. The van der Waals surface area contributed by atoms with Crippen LogP contribution in [0.15, 0.2) is 42.5 Å². The molecular weight excluding hydrogens is 264 g/mol. The van der Waals surface area contributed by atoms with Crippen LogP contribution < -0.4 is 5.73 Å². The number of anilines is 1. The third-order valence-corrected chi connectivity index (χ3v) is 2.37. The number of carboxylic acid groups (broad SMARTS) is 1. The molecule has 2 aromatic rings. The largest absolute Gasteiger partial charge is 0.477 e. The molecule has 0 spiro atoms. The highest BCUT2D eigenvalue weighted by molar-refractivity contribution is 5.86. The molecule has 4 nitrogen and oxygen atoms in total. The summed E-state index contributed by atoms with van der Waals surface area (Å²) in [7, 11) is 0. The molecule has 1 aromatic carbocycles. The van der Waals surface area contributed by atoms with E-state index in [0.717, 1.165) is 5.56 Å². The fourth-order valence-corrected chi connectivity index (χ4v) is 1.45. The Balaban J connectivity index is 0.00000180. The van der Waals surface area contributed by atoms with Gasteiger partial charge in [-0.05, 0) is 35.9 Å². The first-order valence-electron chi connectivity index (χ1n) is 5.39. The molecule has 0 bridgehead atoms. The summed E-state index contributed by atoms with van der Waals surface area (Å²) in [4.78, 5) is 14.8. The first-order valence-corrected chi connectivity index (χ1v) is 5.39. The van der Waals surface area contributed by atoms with E-state index in [1.54, 1.807) is 30.3 Å². The van der Waals surface area contributed by atoms with E-state index in [2.05, 4.69) is 4.98 Å². The van der Waals surface area contributed by atoms with E-state index in [4.69, 9.17) is 10.8 Å². The minimum Gasteiger partial charge on any atom is -0.477 e. The van der Waals surface area contributed by atoms with Crippen LogP contribution in [0.3, 0.4) is 0 Å². The number of nitrogens with zero attached hydrogens (tertiary/aromatic N) is 1. The van der Waals surface area contributed by atoms with Crippen molar-refractivity contribution >= 4 is 36.2 Å². The van der Waals surface area contributed by atoms with E-state index in [-0.39, 0.29) is 18.1 Å². The topological polar surface area (TPSA) is 76.2 Å². The molecule has 5 heteroatoms. The predicted octanol–water partition coefficient (Wildman–Crippen LogP) is 2.95. The quantitative estimate of drug-likeness (QED) is 0.845. The van der Waals surface area contributed by atoms with Gasteiger partial charge in [-0.25, -0.2) is 9.78 Å². The molecule has 98 valence electrons. The van der Waals surface area contributed by atoms with Crippen molar-refractivity contribution in [3.8, 4) is 0 Å². The van der Waals surface area contributed by atoms with Crippen LogP contribution in [0.1, 0.15) is 21.7 Å². The Kier molecular flexibility index (Phi) is 5.09. The van der Waals surface area contributed by atoms with E-state index in [1.807, 2.05) is 18.2 Å². The maximum atomic E-state index is 10.8. The number of rotatable bonds is 3. The van der Waals surface area contributed by atoms with Gasteiger partial charge in [0, 0.05) is 5.69 Å². The zero-order chi connectivity index (χ0) is 13.0. The number of carbonyl (C=O) groups is 1. The van der Waals surface area contributed by atoms with Crippen LogP contribution in [0.2, 0.25) is 0 Å². The minimum atomic E-state index is -1.03. The zero-order valence-electron chi connectivity index (χ0n) is 9.98. The van der Waals surface area contributed by atoms with Gasteiger partial charge in [0.25, 0.3) is 0 Å². The Morgan fingerprint density at radius 2 is 1.79 bits per heavy atom. The van der Waals surface area contributed by atoms with Crippen LogP contribution in [-0.2, 0) is 0 Å². The monoisotopic (exact) mass is 276 g/mol. The van der Waals surface area contributed by atoms with Crippen molar-refractivity contribution in [1.29, 1.82) is 0 Å². The lowest BCUT2D eigenvalue weighted by molar-refractivity contribution is 0.0690. The molecule has 19 heavy (non-hydrogen) atoms. The molecule has 0 aliphatic carbocycles. The third-order valence-electron chi connectivity index (χ3n) is 2.37. The molecule has 2 rings (SSSR count). The number of carboxylic acids is 1. The third kappa shape index (κ3) is 4.12. The van der Waals surface area contributed by atoms with Crippen molar-refractivity contribution in [2.75, 3.05) is 5.73 Å². The molecule has 0 amide bonds. The van der Waals surface area contributed by atoms with E-state index in [1.165, 1.54) is 6.07 Å². The van der Waals surface area contributed by atoms with Crippen molar-refractivity contribution in [3.63, 3.8) is 0 Å². The van der Waals surface area contributed by atoms with Crippen molar-refractivity contribution in [2.24, 2.45) is 0 Å². The second-order valence-corrected chi connectivity index (χ2v) is 3.75. The molecule has 0 aliphatic rings. The van der Waals surface area contributed by atoms with Crippen LogP contribution in [0, 0.1) is 0 Å². The fraction of sp³-hybridized carbons (Fsp3) is 0. The van der Waals surface area contributed by atoms with Crippen LogP contribution in [0.4, 0.5) is 5.69 Å². The highest BCUT2D eigenvalue weighted by Crippen LogP contribution is 2.10. The Labute approximate surface area is 117 Å². The Hall–Kier alpha value is -2.33. The molecule has 0 aliphatic heterocycles. The van der Waals surface area contributed by atoms with Gasteiger partial charge in [-0.1, -0.05) is 24.3 Å². The summed E-state index contributed by atoms with van der Waals surface area (Å²) in [6, 6.07) is 12.3. The van der Waals surface area contributed by atoms with Gasteiger partial charge in [-0.15, -0.1) is 12.4 Å². The SMILES string of the molecule is Cl.Nc1ccc(/C=C/c2cccc(C(=O)O)n2)cc1. The van der Waals surface area contributed by atoms with Gasteiger partial charge in [0.15, 0.2) is 0 Å². The first kappa shape index (κ1) is 14.7.